The average Bonchev–Trinajstić information content (AvgIpc) is 2.11. The van der Waals surface area contributed by atoms with Crippen molar-refractivity contribution in [2.45, 2.75) is 0 Å². The van der Waals surface area contributed by atoms with Crippen LogP contribution in [0.4, 0.5) is 12.9 Å². The minimum Gasteiger partial charge on any atom is -0.444 e. The van der Waals surface area contributed by atoms with Crippen LogP contribution in [0, 0.1) is 0 Å². The maximum absolute atomic E-state index is 11.9. The van der Waals surface area contributed by atoms with E-state index in [1.807, 2.05) is 0 Å². The van der Waals surface area contributed by atoms with Crippen LogP contribution in [0.25, 0.3) is 0 Å². The van der Waals surface area contributed by atoms with Gasteiger partial charge in [0.2, 0.25) is 0 Å². The Morgan fingerprint density at radius 3 is 2.09 bits per heavy atom. The van der Waals surface area contributed by atoms with Crippen LogP contribution in [0.2, 0.25) is 5.02 Å². The van der Waals surface area contributed by atoms with Crippen molar-refractivity contribution in [3.8, 4) is 0 Å². The summed E-state index contributed by atoms with van der Waals surface area (Å²) >= 11 is 5.86. The topological polar surface area (TPSA) is 0 Å². The van der Waals surface area contributed by atoms with Gasteiger partial charge in [-0.05, 0) is 16.2 Å². The number of thiophene rings is 1. The molecule has 0 N–H and O–H groups in total. The third kappa shape index (κ3) is 3.38. The molecule has 0 aliphatic rings. The van der Waals surface area contributed by atoms with Gasteiger partial charge in [-0.15, -0.1) is 0 Å². The molecule has 56 valence electrons. The van der Waals surface area contributed by atoms with Crippen LogP contribution >= 0.6 is 22.9 Å². The van der Waals surface area contributed by atoms with Crippen molar-refractivity contribution in [3.63, 3.8) is 0 Å². The van der Waals surface area contributed by atoms with Crippen molar-refractivity contribution in [1.82, 2.24) is 0 Å². The molecule has 0 unspecified atom stereocenters. The van der Waals surface area contributed by atoms with Gasteiger partial charge in [0, 0.05) is 5.02 Å². The SMILES string of the molecule is F[B-](F)(F)c1sccc1Cl.[K+]. The summed E-state index contributed by atoms with van der Waals surface area (Å²) in [5.74, 6) is 0. The van der Waals surface area contributed by atoms with Crippen molar-refractivity contribution in [3.05, 3.63) is 16.5 Å². The molecule has 0 aliphatic carbocycles. The van der Waals surface area contributed by atoms with Crippen molar-refractivity contribution in [2.24, 2.45) is 0 Å². The second-order valence-corrected chi connectivity index (χ2v) is 3.06. The molecular formula is C4H2BClF3KS. The fraction of sp³-hybridized carbons (Fsp3) is 0. The number of hydrogen-bond donors (Lipinski definition) is 0. The molecule has 1 aromatic heterocycles. The monoisotopic (exact) mass is 224 g/mol. The number of hydrogen-bond acceptors (Lipinski definition) is 1. The van der Waals surface area contributed by atoms with Crippen LogP contribution in [0.3, 0.4) is 0 Å². The molecule has 0 nitrogen and oxygen atoms in total. The first-order chi connectivity index (χ1) is 4.52. The van der Waals surface area contributed by atoms with Gasteiger partial charge in [0.05, 0.1) is 0 Å². The van der Waals surface area contributed by atoms with Gasteiger partial charge in [-0.2, -0.15) is 11.3 Å². The molecule has 0 saturated heterocycles. The number of rotatable bonds is 1. The van der Waals surface area contributed by atoms with E-state index in [1.165, 1.54) is 11.4 Å². The van der Waals surface area contributed by atoms with Crippen LogP contribution < -0.4 is 56.2 Å². The molecule has 0 aromatic carbocycles. The standard InChI is InChI=1S/C4H2BClF3S.K/c6-3-1-2-10-4(3)5(7,8)9;/h1-2H;/q-1;+1. The molecule has 1 rings (SSSR count). The Kier molecular flexibility index (Phi) is 5.27. The van der Waals surface area contributed by atoms with Gasteiger partial charge in [-0.3, -0.25) is 0 Å². The zero-order chi connectivity index (χ0) is 7.78. The first-order valence-electron chi connectivity index (χ1n) is 2.44. The Bertz CT molecular complexity index is 235. The van der Waals surface area contributed by atoms with E-state index >= 15 is 0 Å². The molecule has 0 fully saturated rings. The summed E-state index contributed by atoms with van der Waals surface area (Å²) in [6.45, 7) is -4.90. The summed E-state index contributed by atoms with van der Waals surface area (Å²) in [6, 6.07) is 1.25. The van der Waals surface area contributed by atoms with E-state index in [-0.39, 0.29) is 56.4 Å². The predicted molar refractivity (Wildman–Crippen MR) is 38.0 cm³/mol. The van der Waals surface area contributed by atoms with E-state index in [4.69, 9.17) is 11.6 Å². The molecular weight excluding hydrogens is 222 g/mol. The Labute approximate surface area is 114 Å². The predicted octanol–water partition coefficient (Wildman–Crippen LogP) is -0.540. The van der Waals surface area contributed by atoms with Crippen LogP contribution in [-0.4, -0.2) is 6.98 Å². The van der Waals surface area contributed by atoms with Crippen LogP contribution in [0.15, 0.2) is 11.4 Å². The summed E-state index contributed by atoms with van der Waals surface area (Å²) < 4.78 is 34.9. The summed E-state index contributed by atoms with van der Waals surface area (Å²) in [7, 11) is 0. The molecule has 1 aromatic rings. The van der Waals surface area contributed by atoms with Crippen LogP contribution in [-0.2, 0) is 0 Å². The van der Waals surface area contributed by atoms with Gasteiger partial charge >= 0.3 is 58.4 Å². The summed E-state index contributed by atoms with van der Waals surface area (Å²) in [5, 5.41) is 1.13. The molecule has 0 atom stereocenters. The van der Waals surface area contributed by atoms with E-state index in [0.29, 0.717) is 11.3 Å². The van der Waals surface area contributed by atoms with Crippen molar-refractivity contribution < 1.29 is 64.3 Å². The summed E-state index contributed by atoms with van der Waals surface area (Å²) in [5.41, 5.74) is 0. The van der Waals surface area contributed by atoms with Crippen LogP contribution in [0.5, 0.6) is 0 Å². The zero-order valence-corrected chi connectivity index (χ0v) is 10.3. The van der Waals surface area contributed by atoms with Crippen molar-refractivity contribution in [2.75, 3.05) is 0 Å². The molecule has 0 saturated carbocycles. The second-order valence-electron chi connectivity index (χ2n) is 1.71. The molecule has 0 amide bonds. The van der Waals surface area contributed by atoms with E-state index in [9.17, 15) is 12.9 Å². The fourth-order valence-electron chi connectivity index (χ4n) is 0.539. The quantitative estimate of drug-likeness (QED) is 0.562. The molecule has 0 radical (unpaired) electrons. The van der Waals surface area contributed by atoms with E-state index in [2.05, 4.69) is 0 Å². The Morgan fingerprint density at radius 2 is 1.91 bits per heavy atom. The third-order valence-electron chi connectivity index (χ3n) is 0.942. The van der Waals surface area contributed by atoms with Gasteiger partial charge in [0.25, 0.3) is 0 Å². The van der Waals surface area contributed by atoms with Gasteiger partial charge in [-0.25, -0.2) is 0 Å². The molecule has 7 heteroatoms. The maximum atomic E-state index is 11.9. The van der Waals surface area contributed by atoms with Crippen molar-refractivity contribution >= 4 is 34.7 Å². The second kappa shape index (κ2) is 4.64. The zero-order valence-electron chi connectivity index (χ0n) is 5.65. The largest absolute Gasteiger partial charge is 1.00 e. The molecule has 0 spiro atoms. The first-order valence-corrected chi connectivity index (χ1v) is 3.70. The maximum Gasteiger partial charge on any atom is 1.00 e. The van der Waals surface area contributed by atoms with E-state index < -0.39 is 11.8 Å². The molecule has 0 aliphatic heterocycles. The molecule has 1 heterocycles. The fourth-order valence-corrected chi connectivity index (χ4v) is 1.62. The van der Waals surface area contributed by atoms with Gasteiger partial charge in [0.1, 0.15) is 0 Å². The van der Waals surface area contributed by atoms with Gasteiger partial charge < -0.3 is 12.9 Å². The normalized spacial score (nSPS) is 10.9. The minimum atomic E-state index is -4.90. The van der Waals surface area contributed by atoms with Gasteiger partial charge in [0.15, 0.2) is 0 Å². The van der Waals surface area contributed by atoms with Crippen LogP contribution in [0.1, 0.15) is 0 Å². The van der Waals surface area contributed by atoms with E-state index in [0.717, 1.165) is 0 Å². The first kappa shape index (κ1) is 12.5. The summed E-state index contributed by atoms with van der Waals surface area (Å²) in [6.07, 6.45) is 0. The van der Waals surface area contributed by atoms with Crippen molar-refractivity contribution in [1.29, 1.82) is 0 Å². The molecule has 11 heavy (non-hydrogen) atoms. The average molecular weight is 224 g/mol. The Morgan fingerprint density at radius 1 is 1.36 bits per heavy atom. The van der Waals surface area contributed by atoms with E-state index in [1.54, 1.807) is 0 Å². The number of halogens is 4. The summed E-state index contributed by atoms with van der Waals surface area (Å²) in [4.78, 5) is 0. The minimum absolute atomic E-state index is 0. The smallest absolute Gasteiger partial charge is 0.444 e. The van der Waals surface area contributed by atoms with Gasteiger partial charge in [-0.1, -0.05) is 11.6 Å². The Balaban J connectivity index is 0.000001000. The third-order valence-corrected chi connectivity index (χ3v) is 2.40. The molecule has 0 bridgehead atoms. The Hall–Kier alpha value is 1.48.